The molecule has 4 heteroatoms. The van der Waals surface area contributed by atoms with E-state index >= 15 is 0 Å². The zero-order valence-corrected chi connectivity index (χ0v) is 10.4. The summed E-state index contributed by atoms with van der Waals surface area (Å²) < 4.78 is 5.05. The van der Waals surface area contributed by atoms with Crippen LogP contribution < -0.4 is 5.73 Å². The second-order valence-electron chi connectivity index (χ2n) is 4.94. The third kappa shape index (κ3) is 3.72. The molecule has 0 saturated carbocycles. The smallest absolute Gasteiger partial charge is 0.0626 e. The van der Waals surface area contributed by atoms with E-state index in [1.165, 1.54) is 0 Å². The van der Waals surface area contributed by atoms with Gasteiger partial charge in [-0.2, -0.15) is 0 Å². The molecule has 3 unspecified atom stereocenters. The Balaban J connectivity index is 2.34. The highest BCUT2D eigenvalue weighted by Gasteiger charge is 2.31. The van der Waals surface area contributed by atoms with Crippen LogP contribution in [0, 0.1) is 5.92 Å². The molecule has 0 aliphatic carbocycles. The summed E-state index contributed by atoms with van der Waals surface area (Å²) >= 11 is 0. The maximum absolute atomic E-state index is 5.95. The number of nitrogens with zero attached hydrogens (tertiary/aromatic N) is 2. The summed E-state index contributed by atoms with van der Waals surface area (Å²) in [5.41, 5.74) is 5.95. The Morgan fingerprint density at radius 3 is 2.60 bits per heavy atom. The standard InChI is InChI=1S/C11H25N3O/c1-9-5-14(6-10(12)8-15-4)7-11(9)13(2)3/h9-11H,5-8,12H2,1-4H3. The minimum absolute atomic E-state index is 0.142. The molecule has 1 rings (SSSR count). The number of rotatable bonds is 5. The largest absolute Gasteiger partial charge is 0.383 e. The van der Waals surface area contributed by atoms with Crippen LogP contribution in [0.25, 0.3) is 0 Å². The fraction of sp³-hybridized carbons (Fsp3) is 1.00. The van der Waals surface area contributed by atoms with Gasteiger partial charge in [-0.05, 0) is 20.0 Å². The molecular weight excluding hydrogens is 190 g/mol. The minimum atomic E-state index is 0.142. The molecule has 1 fully saturated rings. The van der Waals surface area contributed by atoms with Crippen molar-refractivity contribution in [3.63, 3.8) is 0 Å². The lowest BCUT2D eigenvalue weighted by atomic mass is 10.1. The molecule has 1 heterocycles. The van der Waals surface area contributed by atoms with E-state index in [-0.39, 0.29) is 6.04 Å². The number of likely N-dealkylation sites (N-methyl/N-ethyl adjacent to an activating group) is 1. The van der Waals surface area contributed by atoms with Crippen LogP contribution in [0.15, 0.2) is 0 Å². The van der Waals surface area contributed by atoms with E-state index in [9.17, 15) is 0 Å². The van der Waals surface area contributed by atoms with Gasteiger partial charge in [-0.25, -0.2) is 0 Å². The van der Waals surface area contributed by atoms with E-state index in [0.717, 1.165) is 25.6 Å². The van der Waals surface area contributed by atoms with E-state index in [1.54, 1.807) is 7.11 Å². The van der Waals surface area contributed by atoms with Crippen molar-refractivity contribution in [3.05, 3.63) is 0 Å². The lowest BCUT2D eigenvalue weighted by molar-refractivity contribution is 0.158. The number of likely N-dealkylation sites (tertiary alicyclic amines) is 1. The average molecular weight is 215 g/mol. The third-order valence-electron chi connectivity index (χ3n) is 3.19. The number of methoxy groups -OCH3 is 1. The van der Waals surface area contributed by atoms with Crippen LogP contribution in [0.1, 0.15) is 6.92 Å². The van der Waals surface area contributed by atoms with Gasteiger partial charge in [0.25, 0.3) is 0 Å². The fourth-order valence-corrected chi connectivity index (χ4v) is 2.47. The van der Waals surface area contributed by atoms with Crippen molar-refractivity contribution in [2.75, 3.05) is 47.4 Å². The van der Waals surface area contributed by atoms with E-state index in [2.05, 4.69) is 30.8 Å². The lowest BCUT2D eigenvalue weighted by Crippen LogP contribution is -2.40. The Kier molecular flexibility index (Phi) is 4.99. The maximum atomic E-state index is 5.95. The highest BCUT2D eigenvalue weighted by molar-refractivity contribution is 4.87. The number of nitrogens with two attached hydrogens (primary N) is 1. The first-order valence-corrected chi connectivity index (χ1v) is 5.68. The van der Waals surface area contributed by atoms with Crippen molar-refractivity contribution in [1.29, 1.82) is 0 Å². The first-order chi connectivity index (χ1) is 7.04. The van der Waals surface area contributed by atoms with E-state index in [4.69, 9.17) is 10.5 Å². The van der Waals surface area contributed by atoms with Gasteiger partial charge in [0.2, 0.25) is 0 Å². The normalized spacial score (nSPS) is 30.0. The van der Waals surface area contributed by atoms with Gasteiger partial charge in [0.05, 0.1) is 6.61 Å². The molecule has 0 amide bonds. The first-order valence-electron chi connectivity index (χ1n) is 5.68. The third-order valence-corrected chi connectivity index (χ3v) is 3.19. The minimum Gasteiger partial charge on any atom is -0.383 e. The zero-order chi connectivity index (χ0) is 11.4. The van der Waals surface area contributed by atoms with Crippen LogP contribution in [0.4, 0.5) is 0 Å². The van der Waals surface area contributed by atoms with Gasteiger partial charge in [0, 0.05) is 38.8 Å². The second kappa shape index (κ2) is 5.80. The molecule has 1 aliphatic heterocycles. The molecule has 1 aliphatic rings. The van der Waals surface area contributed by atoms with Crippen molar-refractivity contribution in [3.8, 4) is 0 Å². The van der Waals surface area contributed by atoms with Crippen LogP contribution in [0.3, 0.4) is 0 Å². The van der Waals surface area contributed by atoms with Gasteiger partial charge in [-0.1, -0.05) is 6.92 Å². The maximum Gasteiger partial charge on any atom is 0.0626 e. The Morgan fingerprint density at radius 2 is 2.13 bits per heavy atom. The van der Waals surface area contributed by atoms with Gasteiger partial charge < -0.3 is 15.4 Å². The summed E-state index contributed by atoms with van der Waals surface area (Å²) in [4.78, 5) is 4.76. The monoisotopic (exact) mass is 215 g/mol. The predicted molar refractivity (Wildman–Crippen MR) is 62.9 cm³/mol. The summed E-state index contributed by atoms with van der Waals surface area (Å²) in [7, 11) is 6.01. The Morgan fingerprint density at radius 1 is 1.47 bits per heavy atom. The SMILES string of the molecule is COCC(N)CN1CC(C)C(N(C)C)C1. The molecule has 0 aromatic heterocycles. The molecule has 4 nitrogen and oxygen atoms in total. The molecule has 0 radical (unpaired) electrons. The Bertz CT molecular complexity index is 187. The van der Waals surface area contributed by atoms with E-state index in [0.29, 0.717) is 12.6 Å². The predicted octanol–water partition coefficient (Wildman–Crippen LogP) is -0.158. The summed E-state index contributed by atoms with van der Waals surface area (Å²) in [6, 6.07) is 0.808. The van der Waals surface area contributed by atoms with Crippen LogP contribution in [0.5, 0.6) is 0 Å². The zero-order valence-electron chi connectivity index (χ0n) is 10.4. The lowest BCUT2D eigenvalue weighted by Gasteiger charge is -2.23. The van der Waals surface area contributed by atoms with Gasteiger partial charge in [0.1, 0.15) is 0 Å². The Labute approximate surface area is 93.4 Å². The van der Waals surface area contributed by atoms with Crippen LogP contribution in [-0.4, -0.2) is 69.3 Å². The highest BCUT2D eigenvalue weighted by atomic mass is 16.5. The molecule has 0 aromatic carbocycles. The van der Waals surface area contributed by atoms with Crippen molar-refractivity contribution >= 4 is 0 Å². The van der Waals surface area contributed by atoms with Gasteiger partial charge in [-0.15, -0.1) is 0 Å². The molecular formula is C11H25N3O. The molecule has 0 bridgehead atoms. The molecule has 90 valence electrons. The average Bonchev–Trinajstić information content (AvgIpc) is 2.47. The van der Waals surface area contributed by atoms with Gasteiger partial charge >= 0.3 is 0 Å². The van der Waals surface area contributed by atoms with E-state index in [1.807, 2.05) is 0 Å². The van der Waals surface area contributed by atoms with Crippen LogP contribution in [0.2, 0.25) is 0 Å². The van der Waals surface area contributed by atoms with Gasteiger partial charge in [0.15, 0.2) is 0 Å². The molecule has 0 aromatic rings. The molecule has 1 saturated heterocycles. The molecule has 2 N–H and O–H groups in total. The molecule has 3 atom stereocenters. The number of hydrogen-bond acceptors (Lipinski definition) is 4. The van der Waals surface area contributed by atoms with Crippen LogP contribution >= 0.6 is 0 Å². The summed E-state index contributed by atoms with van der Waals surface area (Å²) in [6.45, 7) is 6.19. The molecule has 15 heavy (non-hydrogen) atoms. The van der Waals surface area contributed by atoms with E-state index < -0.39 is 0 Å². The van der Waals surface area contributed by atoms with Crippen molar-refractivity contribution in [2.24, 2.45) is 11.7 Å². The highest BCUT2D eigenvalue weighted by Crippen LogP contribution is 2.19. The second-order valence-corrected chi connectivity index (χ2v) is 4.94. The van der Waals surface area contributed by atoms with Crippen molar-refractivity contribution in [2.45, 2.75) is 19.0 Å². The summed E-state index contributed by atoms with van der Waals surface area (Å²) in [5.74, 6) is 0.731. The summed E-state index contributed by atoms with van der Waals surface area (Å²) in [6.07, 6.45) is 0. The fourth-order valence-electron chi connectivity index (χ4n) is 2.47. The van der Waals surface area contributed by atoms with Crippen molar-refractivity contribution in [1.82, 2.24) is 9.80 Å². The first kappa shape index (κ1) is 12.9. The van der Waals surface area contributed by atoms with Crippen LogP contribution in [-0.2, 0) is 4.74 Å². The van der Waals surface area contributed by atoms with Crippen molar-refractivity contribution < 1.29 is 4.74 Å². The quantitative estimate of drug-likeness (QED) is 0.692. The topological polar surface area (TPSA) is 41.7 Å². The molecule has 0 spiro atoms. The summed E-state index contributed by atoms with van der Waals surface area (Å²) in [5, 5.41) is 0. The number of hydrogen-bond donors (Lipinski definition) is 1. The van der Waals surface area contributed by atoms with Gasteiger partial charge in [-0.3, -0.25) is 4.90 Å². The number of ether oxygens (including phenoxy) is 1. The Hall–Kier alpha value is -0.160.